The lowest BCUT2D eigenvalue weighted by atomic mass is 10.1. The minimum Gasteiger partial charge on any atom is -0.480 e. The summed E-state index contributed by atoms with van der Waals surface area (Å²) >= 11 is 0. The summed E-state index contributed by atoms with van der Waals surface area (Å²) in [7, 11) is -4.03. The fourth-order valence-electron chi connectivity index (χ4n) is 1.80. The maximum absolute atomic E-state index is 12.6. The van der Waals surface area contributed by atoms with Crippen LogP contribution in [0.15, 0.2) is 23.1 Å². The first-order valence-corrected chi connectivity index (χ1v) is 7.39. The molecule has 0 aliphatic rings. The summed E-state index contributed by atoms with van der Waals surface area (Å²) in [6.07, 6.45) is 0. The van der Waals surface area contributed by atoms with Gasteiger partial charge in [-0.2, -0.15) is 9.57 Å². The van der Waals surface area contributed by atoms with Gasteiger partial charge in [-0.05, 0) is 32.4 Å². The number of nitrogens with zero attached hydrogens (tertiary/aromatic N) is 2. The molecule has 20 heavy (non-hydrogen) atoms. The fourth-order valence-corrected chi connectivity index (χ4v) is 3.61. The number of sulfonamides is 1. The van der Waals surface area contributed by atoms with Gasteiger partial charge in [0.15, 0.2) is 0 Å². The minimum absolute atomic E-state index is 0.0449. The third kappa shape index (κ3) is 3.15. The van der Waals surface area contributed by atoms with Crippen LogP contribution in [0.1, 0.15) is 25.0 Å². The Balaban J connectivity index is 3.46. The predicted molar refractivity (Wildman–Crippen MR) is 72.6 cm³/mol. The second kappa shape index (κ2) is 6.03. The lowest BCUT2D eigenvalue weighted by molar-refractivity contribution is -0.137. The summed E-state index contributed by atoms with van der Waals surface area (Å²) in [4.78, 5) is 10.7. The first-order chi connectivity index (χ1) is 9.21. The van der Waals surface area contributed by atoms with Gasteiger partial charge in [0.1, 0.15) is 17.5 Å². The van der Waals surface area contributed by atoms with Crippen LogP contribution < -0.4 is 0 Å². The number of nitriles is 1. The van der Waals surface area contributed by atoms with Gasteiger partial charge in [0.05, 0.1) is 5.56 Å². The molecular weight excluding hydrogens is 280 g/mol. The van der Waals surface area contributed by atoms with E-state index >= 15 is 0 Å². The van der Waals surface area contributed by atoms with Crippen LogP contribution in [0.4, 0.5) is 0 Å². The number of aryl methyl sites for hydroxylation is 1. The van der Waals surface area contributed by atoms with E-state index in [9.17, 15) is 13.2 Å². The Labute approximate surface area is 118 Å². The monoisotopic (exact) mass is 296 g/mol. The van der Waals surface area contributed by atoms with Crippen molar-refractivity contribution in [2.24, 2.45) is 0 Å². The number of rotatable bonds is 5. The van der Waals surface area contributed by atoms with E-state index in [2.05, 4.69) is 0 Å². The van der Waals surface area contributed by atoms with E-state index in [4.69, 9.17) is 10.4 Å². The normalized spacial score (nSPS) is 11.6. The maximum Gasteiger partial charge on any atom is 0.318 e. The highest BCUT2D eigenvalue weighted by Gasteiger charge is 2.31. The number of carbonyl (C=O) groups is 1. The number of carboxylic acids is 1. The molecule has 0 fully saturated rings. The molecule has 0 saturated heterocycles. The molecule has 1 rings (SSSR count). The number of aliphatic carboxylic acids is 1. The molecule has 6 nitrogen and oxygen atoms in total. The number of benzene rings is 1. The molecule has 0 aromatic heterocycles. The molecule has 0 atom stereocenters. The summed E-state index contributed by atoms with van der Waals surface area (Å²) in [5.41, 5.74) is 0.580. The number of hydrogen-bond donors (Lipinski definition) is 1. The molecule has 0 saturated carbocycles. The van der Waals surface area contributed by atoms with E-state index < -0.39 is 28.6 Å². The summed E-state index contributed by atoms with van der Waals surface area (Å²) in [5, 5.41) is 18.0. The molecule has 1 N–H and O–H groups in total. The first kappa shape index (κ1) is 16.1. The topological polar surface area (TPSA) is 98.5 Å². The van der Waals surface area contributed by atoms with Crippen molar-refractivity contribution in [2.75, 3.05) is 6.54 Å². The summed E-state index contributed by atoms with van der Waals surface area (Å²) in [6.45, 7) is 4.16. The highest BCUT2D eigenvalue weighted by Crippen LogP contribution is 2.23. The van der Waals surface area contributed by atoms with Gasteiger partial charge in [-0.3, -0.25) is 4.79 Å². The van der Waals surface area contributed by atoms with E-state index in [1.807, 2.05) is 6.07 Å². The van der Waals surface area contributed by atoms with Crippen LogP contribution in [0.2, 0.25) is 0 Å². The molecule has 0 radical (unpaired) electrons. The Hall–Kier alpha value is -1.91. The Morgan fingerprint density at radius 2 is 2.05 bits per heavy atom. The van der Waals surface area contributed by atoms with Crippen molar-refractivity contribution < 1.29 is 18.3 Å². The van der Waals surface area contributed by atoms with Crippen LogP contribution in [0.5, 0.6) is 0 Å². The molecule has 0 unspecified atom stereocenters. The maximum atomic E-state index is 12.6. The van der Waals surface area contributed by atoms with Gasteiger partial charge in [0, 0.05) is 6.04 Å². The molecule has 108 valence electrons. The van der Waals surface area contributed by atoms with Gasteiger partial charge in [-0.1, -0.05) is 12.1 Å². The van der Waals surface area contributed by atoms with E-state index in [1.54, 1.807) is 26.8 Å². The average molecular weight is 296 g/mol. The lowest BCUT2D eigenvalue weighted by Gasteiger charge is -2.24. The Bertz CT molecular complexity index is 659. The Kier molecular flexibility index (Phi) is 4.87. The second-order valence-corrected chi connectivity index (χ2v) is 6.46. The quantitative estimate of drug-likeness (QED) is 0.884. The standard InChI is InChI=1S/C13H16N2O4S/c1-9(2)15(8-13(16)17)20(18,19)12-6-4-5-10(3)11(12)7-14/h4-6,9H,8H2,1-3H3,(H,16,17). The van der Waals surface area contributed by atoms with Crippen molar-refractivity contribution in [3.8, 4) is 6.07 Å². The largest absolute Gasteiger partial charge is 0.480 e. The van der Waals surface area contributed by atoms with Crippen LogP contribution in [0.3, 0.4) is 0 Å². The molecular formula is C13H16N2O4S. The van der Waals surface area contributed by atoms with Gasteiger partial charge in [-0.15, -0.1) is 0 Å². The second-order valence-electron chi connectivity index (χ2n) is 4.60. The smallest absolute Gasteiger partial charge is 0.318 e. The highest BCUT2D eigenvalue weighted by atomic mass is 32.2. The summed E-state index contributed by atoms with van der Waals surface area (Å²) < 4.78 is 26.0. The van der Waals surface area contributed by atoms with Crippen LogP contribution in [0.25, 0.3) is 0 Å². The van der Waals surface area contributed by atoms with Crippen molar-refractivity contribution in [3.05, 3.63) is 29.3 Å². The van der Waals surface area contributed by atoms with Gasteiger partial charge < -0.3 is 5.11 Å². The zero-order valence-corrected chi connectivity index (χ0v) is 12.3. The molecule has 0 aliphatic heterocycles. The summed E-state index contributed by atoms with van der Waals surface area (Å²) in [6, 6.07) is 5.82. The van der Waals surface area contributed by atoms with Crippen molar-refractivity contribution in [3.63, 3.8) is 0 Å². The van der Waals surface area contributed by atoms with E-state index in [1.165, 1.54) is 12.1 Å². The van der Waals surface area contributed by atoms with Crippen molar-refractivity contribution >= 4 is 16.0 Å². The van der Waals surface area contributed by atoms with Gasteiger partial charge in [-0.25, -0.2) is 8.42 Å². The van der Waals surface area contributed by atoms with Crippen molar-refractivity contribution in [1.29, 1.82) is 5.26 Å². The molecule has 7 heteroatoms. The lowest BCUT2D eigenvalue weighted by Crippen LogP contribution is -2.40. The van der Waals surface area contributed by atoms with Gasteiger partial charge in [0.25, 0.3) is 0 Å². The average Bonchev–Trinajstić information content (AvgIpc) is 2.34. The molecule has 1 aromatic carbocycles. The van der Waals surface area contributed by atoms with Gasteiger partial charge >= 0.3 is 5.97 Å². The zero-order valence-electron chi connectivity index (χ0n) is 11.5. The SMILES string of the molecule is Cc1cccc(S(=O)(=O)N(CC(=O)O)C(C)C)c1C#N. The van der Waals surface area contributed by atoms with Crippen LogP contribution in [-0.4, -0.2) is 36.4 Å². The van der Waals surface area contributed by atoms with E-state index in [0.29, 0.717) is 5.56 Å². The third-order valence-electron chi connectivity index (χ3n) is 2.80. The van der Waals surface area contributed by atoms with Crippen molar-refractivity contribution in [2.45, 2.75) is 31.7 Å². The summed E-state index contributed by atoms with van der Waals surface area (Å²) in [5.74, 6) is -1.24. The predicted octanol–water partition coefficient (Wildman–Crippen LogP) is 1.35. The molecule has 0 bridgehead atoms. The minimum atomic E-state index is -4.03. The van der Waals surface area contributed by atoms with Crippen molar-refractivity contribution in [1.82, 2.24) is 4.31 Å². The van der Waals surface area contributed by atoms with Gasteiger partial charge in [0.2, 0.25) is 10.0 Å². The molecule has 1 aromatic rings. The Morgan fingerprint density at radius 1 is 1.45 bits per heavy atom. The third-order valence-corrected chi connectivity index (χ3v) is 4.86. The van der Waals surface area contributed by atoms with E-state index in [-0.39, 0.29) is 10.5 Å². The van der Waals surface area contributed by atoms with Crippen LogP contribution in [-0.2, 0) is 14.8 Å². The molecule has 0 heterocycles. The first-order valence-electron chi connectivity index (χ1n) is 5.95. The highest BCUT2D eigenvalue weighted by molar-refractivity contribution is 7.89. The van der Waals surface area contributed by atoms with Crippen LogP contribution in [0, 0.1) is 18.3 Å². The molecule has 0 aliphatic carbocycles. The van der Waals surface area contributed by atoms with E-state index in [0.717, 1.165) is 4.31 Å². The zero-order chi connectivity index (χ0) is 15.5. The molecule has 0 amide bonds. The molecule has 0 spiro atoms. The fraction of sp³-hybridized carbons (Fsp3) is 0.385. The number of hydrogen-bond acceptors (Lipinski definition) is 4. The Morgan fingerprint density at radius 3 is 2.50 bits per heavy atom. The number of carboxylic acid groups (broad SMARTS) is 1. The van der Waals surface area contributed by atoms with Crippen LogP contribution >= 0.6 is 0 Å².